The fraction of sp³-hybridized carbons (Fsp3) is 0.500. The molecule has 1 N–H and O–H groups in total. The molecule has 0 spiro atoms. The SMILES string of the molecule is CC(CO)c1cc(F)c2c(c1)OCCCO2. The summed E-state index contributed by atoms with van der Waals surface area (Å²) in [5.74, 6) is 0.0977. The van der Waals surface area contributed by atoms with Crippen molar-refractivity contribution in [2.75, 3.05) is 19.8 Å². The average Bonchev–Trinajstić information content (AvgIpc) is 2.53. The predicted molar refractivity (Wildman–Crippen MR) is 57.5 cm³/mol. The number of aliphatic hydroxyl groups excluding tert-OH is 1. The lowest BCUT2D eigenvalue weighted by molar-refractivity contribution is 0.272. The molecule has 16 heavy (non-hydrogen) atoms. The van der Waals surface area contributed by atoms with Crippen molar-refractivity contribution in [3.05, 3.63) is 23.5 Å². The molecular formula is C12H15FO3. The van der Waals surface area contributed by atoms with E-state index in [9.17, 15) is 4.39 Å². The van der Waals surface area contributed by atoms with Crippen LogP contribution in [0.5, 0.6) is 11.5 Å². The van der Waals surface area contributed by atoms with E-state index in [1.165, 1.54) is 6.07 Å². The standard InChI is InChI=1S/C12H15FO3/c1-8(7-14)9-5-10(13)12-11(6-9)15-3-2-4-16-12/h5-6,8,14H,2-4,7H2,1H3. The Labute approximate surface area is 93.8 Å². The third kappa shape index (κ3) is 2.11. The Hall–Kier alpha value is -1.29. The third-order valence-electron chi connectivity index (χ3n) is 2.67. The number of aliphatic hydroxyl groups is 1. The van der Waals surface area contributed by atoms with E-state index in [-0.39, 0.29) is 18.3 Å². The van der Waals surface area contributed by atoms with Crippen LogP contribution in [0.4, 0.5) is 4.39 Å². The lowest BCUT2D eigenvalue weighted by Crippen LogP contribution is -2.02. The number of hydrogen-bond donors (Lipinski definition) is 1. The van der Waals surface area contributed by atoms with Crippen LogP contribution in [-0.4, -0.2) is 24.9 Å². The summed E-state index contributed by atoms with van der Waals surface area (Å²) < 4.78 is 24.4. The Morgan fingerprint density at radius 3 is 2.88 bits per heavy atom. The summed E-state index contributed by atoms with van der Waals surface area (Å²) in [5.41, 5.74) is 0.726. The smallest absolute Gasteiger partial charge is 0.197 e. The molecule has 0 saturated heterocycles. The maximum Gasteiger partial charge on any atom is 0.197 e. The van der Waals surface area contributed by atoms with Crippen molar-refractivity contribution < 1.29 is 19.0 Å². The van der Waals surface area contributed by atoms with E-state index in [1.807, 2.05) is 6.92 Å². The molecule has 1 heterocycles. The number of fused-ring (bicyclic) bond motifs is 1. The van der Waals surface area contributed by atoms with Gasteiger partial charge in [-0.1, -0.05) is 6.92 Å². The number of ether oxygens (including phenoxy) is 2. The molecule has 0 amide bonds. The van der Waals surface area contributed by atoms with E-state index in [1.54, 1.807) is 6.07 Å². The number of hydrogen-bond acceptors (Lipinski definition) is 3. The summed E-state index contributed by atoms with van der Waals surface area (Å²) in [6, 6.07) is 3.14. The van der Waals surface area contributed by atoms with Gasteiger partial charge in [0.2, 0.25) is 0 Å². The minimum Gasteiger partial charge on any atom is -0.489 e. The first-order valence-electron chi connectivity index (χ1n) is 5.42. The van der Waals surface area contributed by atoms with Crippen LogP contribution in [-0.2, 0) is 0 Å². The highest BCUT2D eigenvalue weighted by Crippen LogP contribution is 2.35. The molecule has 1 unspecified atom stereocenters. The number of benzene rings is 1. The highest BCUT2D eigenvalue weighted by molar-refractivity contribution is 5.45. The van der Waals surface area contributed by atoms with Crippen LogP contribution in [0.25, 0.3) is 0 Å². The minimum atomic E-state index is -0.422. The predicted octanol–water partition coefficient (Wildman–Crippen LogP) is 2.08. The van der Waals surface area contributed by atoms with Gasteiger partial charge in [-0.15, -0.1) is 0 Å². The first-order chi connectivity index (χ1) is 7.72. The summed E-state index contributed by atoms with van der Waals surface area (Å²) >= 11 is 0. The third-order valence-corrected chi connectivity index (χ3v) is 2.67. The van der Waals surface area contributed by atoms with Crippen LogP contribution in [0, 0.1) is 5.82 Å². The van der Waals surface area contributed by atoms with Gasteiger partial charge in [0, 0.05) is 18.9 Å². The van der Waals surface area contributed by atoms with Crippen molar-refractivity contribution in [2.45, 2.75) is 19.3 Å². The van der Waals surface area contributed by atoms with E-state index in [4.69, 9.17) is 14.6 Å². The van der Waals surface area contributed by atoms with E-state index >= 15 is 0 Å². The fourth-order valence-corrected chi connectivity index (χ4v) is 1.64. The average molecular weight is 226 g/mol. The van der Waals surface area contributed by atoms with Gasteiger partial charge in [0.25, 0.3) is 0 Å². The lowest BCUT2D eigenvalue weighted by Gasteiger charge is -2.13. The normalized spacial score (nSPS) is 16.7. The molecule has 0 fully saturated rings. The van der Waals surface area contributed by atoms with E-state index < -0.39 is 5.82 Å². The van der Waals surface area contributed by atoms with Crippen molar-refractivity contribution in [1.82, 2.24) is 0 Å². The van der Waals surface area contributed by atoms with Crippen LogP contribution >= 0.6 is 0 Å². The quantitative estimate of drug-likeness (QED) is 0.839. The zero-order valence-corrected chi connectivity index (χ0v) is 9.20. The first kappa shape index (κ1) is 11.2. The Balaban J connectivity index is 2.39. The summed E-state index contributed by atoms with van der Waals surface area (Å²) in [6.45, 7) is 2.82. The largest absolute Gasteiger partial charge is 0.489 e. The van der Waals surface area contributed by atoms with Crippen LogP contribution < -0.4 is 9.47 Å². The van der Waals surface area contributed by atoms with Crippen molar-refractivity contribution in [2.24, 2.45) is 0 Å². The molecule has 0 aliphatic carbocycles. The zero-order valence-electron chi connectivity index (χ0n) is 9.20. The molecule has 1 aromatic carbocycles. The maximum absolute atomic E-state index is 13.7. The molecule has 1 aliphatic heterocycles. The molecule has 0 radical (unpaired) electrons. The molecule has 88 valence electrons. The van der Waals surface area contributed by atoms with Gasteiger partial charge in [0.1, 0.15) is 0 Å². The van der Waals surface area contributed by atoms with E-state index in [0.717, 1.165) is 12.0 Å². The van der Waals surface area contributed by atoms with Crippen LogP contribution in [0.2, 0.25) is 0 Å². The summed E-state index contributed by atoms with van der Waals surface area (Å²) in [7, 11) is 0. The number of halogens is 1. The maximum atomic E-state index is 13.7. The van der Waals surface area contributed by atoms with Crippen LogP contribution in [0.1, 0.15) is 24.8 Å². The molecule has 2 rings (SSSR count). The monoisotopic (exact) mass is 226 g/mol. The Bertz CT molecular complexity index is 379. The molecule has 1 aliphatic rings. The Kier molecular flexibility index (Phi) is 3.29. The lowest BCUT2D eigenvalue weighted by atomic mass is 10.0. The second-order valence-corrected chi connectivity index (χ2v) is 3.96. The van der Waals surface area contributed by atoms with Gasteiger partial charge < -0.3 is 14.6 Å². The van der Waals surface area contributed by atoms with Crippen molar-refractivity contribution >= 4 is 0 Å². The Morgan fingerprint density at radius 1 is 1.38 bits per heavy atom. The van der Waals surface area contributed by atoms with Gasteiger partial charge in [0.15, 0.2) is 17.3 Å². The molecular weight excluding hydrogens is 211 g/mol. The summed E-state index contributed by atoms with van der Waals surface area (Å²) in [6.07, 6.45) is 0.749. The van der Waals surface area contributed by atoms with Gasteiger partial charge in [-0.2, -0.15) is 0 Å². The first-order valence-corrected chi connectivity index (χ1v) is 5.42. The second kappa shape index (κ2) is 4.70. The topological polar surface area (TPSA) is 38.7 Å². The molecule has 1 aromatic rings. The van der Waals surface area contributed by atoms with Gasteiger partial charge in [-0.3, -0.25) is 0 Å². The second-order valence-electron chi connectivity index (χ2n) is 3.96. The van der Waals surface area contributed by atoms with Gasteiger partial charge in [-0.05, 0) is 17.7 Å². The van der Waals surface area contributed by atoms with Crippen molar-refractivity contribution in [3.8, 4) is 11.5 Å². The van der Waals surface area contributed by atoms with Gasteiger partial charge in [0.05, 0.1) is 13.2 Å². The summed E-state index contributed by atoms with van der Waals surface area (Å²) in [5, 5.41) is 9.04. The van der Waals surface area contributed by atoms with Gasteiger partial charge >= 0.3 is 0 Å². The fourth-order valence-electron chi connectivity index (χ4n) is 1.64. The van der Waals surface area contributed by atoms with E-state index in [2.05, 4.69) is 0 Å². The summed E-state index contributed by atoms with van der Waals surface area (Å²) in [4.78, 5) is 0. The molecule has 0 bridgehead atoms. The van der Waals surface area contributed by atoms with E-state index in [0.29, 0.717) is 19.0 Å². The molecule has 0 saturated carbocycles. The molecule has 0 aromatic heterocycles. The molecule has 1 atom stereocenters. The molecule has 4 heteroatoms. The molecule has 3 nitrogen and oxygen atoms in total. The number of rotatable bonds is 2. The van der Waals surface area contributed by atoms with Crippen LogP contribution in [0.3, 0.4) is 0 Å². The Morgan fingerprint density at radius 2 is 2.12 bits per heavy atom. The van der Waals surface area contributed by atoms with Crippen LogP contribution in [0.15, 0.2) is 12.1 Å². The minimum absolute atomic E-state index is 0.0148. The highest BCUT2D eigenvalue weighted by Gasteiger charge is 2.18. The van der Waals surface area contributed by atoms with Crippen molar-refractivity contribution in [1.29, 1.82) is 0 Å². The van der Waals surface area contributed by atoms with Gasteiger partial charge in [-0.25, -0.2) is 4.39 Å². The van der Waals surface area contributed by atoms with Crippen molar-refractivity contribution in [3.63, 3.8) is 0 Å². The highest BCUT2D eigenvalue weighted by atomic mass is 19.1. The zero-order chi connectivity index (χ0) is 11.5.